The molecule has 1 aromatic rings. The molecular formula is C15H18BrNO4. The number of ether oxygens (including phenoxy) is 1. The van der Waals surface area contributed by atoms with Crippen LogP contribution in [0.3, 0.4) is 0 Å². The van der Waals surface area contributed by atoms with Crippen LogP contribution in [0.25, 0.3) is 0 Å². The van der Waals surface area contributed by atoms with Gasteiger partial charge in [-0.2, -0.15) is 0 Å². The van der Waals surface area contributed by atoms with Gasteiger partial charge in [0.2, 0.25) is 5.91 Å². The van der Waals surface area contributed by atoms with E-state index < -0.39 is 12.0 Å². The molecule has 0 bridgehead atoms. The molecule has 1 heterocycles. The van der Waals surface area contributed by atoms with Crippen LogP contribution in [0, 0.1) is 0 Å². The minimum absolute atomic E-state index is 0.155. The van der Waals surface area contributed by atoms with E-state index in [4.69, 9.17) is 9.84 Å². The van der Waals surface area contributed by atoms with E-state index in [2.05, 4.69) is 15.9 Å². The van der Waals surface area contributed by atoms with Crippen molar-refractivity contribution in [3.63, 3.8) is 0 Å². The number of benzene rings is 1. The zero-order valence-corrected chi connectivity index (χ0v) is 13.2. The van der Waals surface area contributed by atoms with E-state index in [-0.39, 0.29) is 18.9 Å². The fourth-order valence-corrected chi connectivity index (χ4v) is 2.82. The SMILES string of the molecule is O=C(O)[C@@H]1CCCCN1C(=O)CCOc1cccc(Br)c1. The van der Waals surface area contributed by atoms with Crippen molar-refractivity contribution in [2.75, 3.05) is 13.2 Å². The first-order chi connectivity index (χ1) is 10.1. The average Bonchev–Trinajstić information content (AvgIpc) is 2.47. The van der Waals surface area contributed by atoms with E-state index >= 15 is 0 Å². The molecule has 21 heavy (non-hydrogen) atoms. The number of hydrogen-bond donors (Lipinski definition) is 1. The number of amides is 1. The number of likely N-dealkylation sites (tertiary alicyclic amines) is 1. The number of nitrogens with zero attached hydrogens (tertiary/aromatic N) is 1. The average molecular weight is 356 g/mol. The maximum absolute atomic E-state index is 12.1. The highest BCUT2D eigenvalue weighted by atomic mass is 79.9. The quantitative estimate of drug-likeness (QED) is 0.881. The molecule has 1 N–H and O–H groups in total. The highest BCUT2D eigenvalue weighted by Crippen LogP contribution is 2.20. The van der Waals surface area contributed by atoms with E-state index in [1.165, 1.54) is 4.90 Å². The van der Waals surface area contributed by atoms with E-state index in [9.17, 15) is 9.59 Å². The lowest BCUT2D eigenvalue weighted by molar-refractivity contribution is -0.152. The lowest BCUT2D eigenvalue weighted by atomic mass is 10.0. The van der Waals surface area contributed by atoms with Crippen molar-refractivity contribution in [3.05, 3.63) is 28.7 Å². The standard InChI is InChI=1S/C15H18BrNO4/c16-11-4-3-5-12(10-11)21-9-7-14(18)17-8-2-1-6-13(17)15(19)20/h3-5,10,13H,1-2,6-9H2,(H,19,20)/t13-/m0/s1. The number of rotatable bonds is 5. The minimum atomic E-state index is -0.920. The molecule has 1 fully saturated rings. The van der Waals surface area contributed by atoms with Gasteiger partial charge in [0.05, 0.1) is 13.0 Å². The summed E-state index contributed by atoms with van der Waals surface area (Å²) >= 11 is 3.35. The molecule has 1 atom stereocenters. The molecule has 0 saturated carbocycles. The lowest BCUT2D eigenvalue weighted by Crippen LogP contribution is -2.48. The molecule has 2 rings (SSSR count). The van der Waals surface area contributed by atoms with Gasteiger partial charge in [-0.3, -0.25) is 4.79 Å². The molecule has 1 amide bonds. The first-order valence-corrected chi connectivity index (χ1v) is 7.78. The van der Waals surface area contributed by atoms with Gasteiger partial charge in [-0.15, -0.1) is 0 Å². The Kier molecular flexibility index (Phi) is 5.61. The van der Waals surface area contributed by atoms with Crippen LogP contribution in [0.4, 0.5) is 0 Å². The third-order valence-corrected chi connectivity index (χ3v) is 3.98. The summed E-state index contributed by atoms with van der Waals surface area (Å²) in [5.41, 5.74) is 0. The van der Waals surface area contributed by atoms with Crippen molar-refractivity contribution in [2.24, 2.45) is 0 Å². The lowest BCUT2D eigenvalue weighted by Gasteiger charge is -2.33. The molecule has 114 valence electrons. The number of aliphatic carboxylic acids is 1. The van der Waals surface area contributed by atoms with Crippen LogP contribution in [-0.2, 0) is 9.59 Å². The predicted octanol–water partition coefficient (Wildman–Crippen LogP) is 2.68. The summed E-state index contributed by atoms with van der Waals surface area (Å²) in [6, 6.07) is 6.70. The predicted molar refractivity (Wildman–Crippen MR) is 81.2 cm³/mol. The van der Waals surface area contributed by atoms with E-state index in [1.807, 2.05) is 24.3 Å². The van der Waals surface area contributed by atoms with Gasteiger partial charge in [-0.25, -0.2) is 4.79 Å². The van der Waals surface area contributed by atoms with Gasteiger partial charge in [0.1, 0.15) is 11.8 Å². The molecule has 0 unspecified atom stereocenters. The van der Waals surface area contributed by atoms with Gasteiger partial charge in [-0.1, -0.05) is 22.0 Å². The van der Waals surface area contributed by atoms with Crippen molar-refractivity contribution < 1.29 is 19.4 Å². The van der Waals surface area contributed by atoms with Crippen LogP contribution in [0.1, 0.15) is 25.7 Å². The molecule has 0 radical (unpaired) electrons. The molecule has 1 saturated heterocycles. The monoisotopic (exact) mass is 355 g/mol. The first kappa shape index (κ1) is 15.8. The molecule has 6 heteroatoms. The van der Waals surface area contributed by atoms with Gasteiger partial charge < -0.3 is 14.7 Å². The number of carbonyl (C=O) groups excluding carboxylic acids is 1. The third-order valence-electron chi connectivity index (χ3n) is 3.49. The Hall–Kier alpha value is -1.56. The van der Waals surface area contributed by atoms with Gasteiger partial charge in [0.25, 0.3) is 0 Å². The number of halogens is 1. The summed E-state index contributed by atoms with van der Waals surface area (Å²) in [5, 5.41) is 9.16. The number of carbonyl (C=O) groups is 2. The van der Waals surface area contributed by atoms with E-state index in [1.54, 1.807) is 0 Å². The molecule has 5 nitrogen and oxygen atoms in total. The minimum Gasteiger partial charge on any atom is -0.493 e. The van der Waals surface area contributed by atoms with Gasteiger partial charge in [0.15, 0.2) is 0 Å². The fourth-order valence-electron chi connectivity index (χ4n) is 2.44. The van der Waals surface area contributed by atoms with Crippen molar-refractivity contribution in [3.8, 4) is 5.75 Å². The van der Waals surface area contributed by atoms with Crippen LogP contribution >= 0.6 is 15.9 Å². The van der Waals surface area contributed by atoms with Crippen molar-refractivity contribution in [2.45, 2.75) is 31.7 Å². The molecule has 0 aromatic heterocycles. The van der Waals surface area contributed by atoms with E-state index in [0.717, 1.165) is 17.3 Å². The van der Waals surface area contributed by atoms with Crippen LogP contribution < -0.4 is 4.74 Å². The topological polar surface area (TPSA) is 66.8 Å². The molecule has 1 aliphatic heterocycles. The highest BCUT2D eigenvalue weighted by Gasteiger charge is 2.31. The third kappa shape index (κ3) is 4.46. The molecule has 0 spiro atoms. The van der Waals surface area contributed by atoms with Gasteiger partial charge in [0, 0.05) is 11.0 Å². The fraction of sp³-hybridized carbons (Fsp3) is 0.467. The normalized spacial score (nSPS) is 18.3. The summed E-state index contributed by atoms with van der Waals surface area (Å²) in [7, 11) is 0. The maximum atomic E-state index is 12.1. The van der Waals surface area contributed by atoms with Crippen molar-refractivity contribution in [1.29, 1.82) is 0 Å². The Morgan fingerprint density at radius 3 is 2.90 bits per heavy atom. The van der Waals surface area contributed by atoms with Crippen LogP contribution in [-0.4, -0.2) is 41.1 Å². The second kappa shape index (κ2) is 7.45. The molecule has 1 aromatic carbocycles. The Bertz CT molecular complexity index is 520. The molecule has 0 aliphatic carbocycles. The van der Waals surface area contributed by atoms with Crippen molar-refractivity contribution >= 4 is 27.8 Å². The zero-order chi connectivity index (χ0) is 15.2. The Balaban J connectivity index is 1.84. The van der Waals surface area contributed by atoms with Gasteiger partial charge >= 0.3 is 5.97 Å². The van der Waals surface area contributed by atoms with Gasteiger partial charge in [-0.05, 0) is 37.5 Å². The molecular weight excluding hydrogens is 338 g/mol. The Morgan fingerprint density at radius 1 is 1.38 bits per heavy atom. The maximum Gasteiger partial charge on any atom is 0.326 e. The summed E-state index contributed by atoms with van der Waals surface area (Å²) < 4.78 is 6.43. The number of piperidine rings is 1. The smallest absolute Gasteiger partial charge is 0.326 e. The number of carboxylic acid groups (broad SMARTS) is 1. The van der Waals surface area contributed by atoms with Crippen LogP contribution in [0.15, 0.2) is 28.7 Å². The second-order valence-electron chi connectivity index (χ2n) is 4.99. The summed E-state index contributed by atoms with van der Waals surface area (Å²) in [6.45, 7) is 0.769. The summed E-state index contributed by atoms with van der Waals surface area (Å²) in [6.07, 6.45) is 2.45. The molecule has 1 aliphatic rings. The zero-order valence-electron chi connectivity index (χ0n) is 11.6. The largest absolute Gasteiger partial charge is 0.493 e. The number of carboxylic acids is 1. The van der Waals surface area contributed by atoms with E-state index in [0.29, 0.717) is 18.7 Å². The Labute approximate surface area is 132 Å². The number of hydrogen-bond acceptors (Lipinski definition) is 3. The summed E-state index contributed by atoms with van der Waals surface area (Å²) in [4.78, 5) is 24.8. The highest BCUT2D eigenvalue weighted by molar-refractivity contribution is 9.10. The summed E-state index contributed by atoms with van der Waals surface area (Å²) in [5.74, 6) is -0.390. The van der Waals surface area contributed by atoms with Crippen LogP contribution in [0.5, 0.6) is 5.75 Å². The van der Waals surface area contributed by atoms with Crippen molar-refractivity contribution in [1.82, 2.24) is 4.90 Å². The first-order valence-electron chi connectivity index (χ1n) is 6.98. The van der Waals surface area contributed by atoms with Crippen LogP contribution in [0.2, 0.25) is 0 Å². The second-order valence-corrected chi connectivity index (χ2v) is 5.91. The Morgan fingerprint density at radius 2 is 2.19 bits per heavy atom.